The molecule has 1 amide bonds. The number of aliphatic carboxylic acids is 1. The topological polar surface area (TPSA) is 66.8 Å². The molecule has 2 heterocycles. The molecular formula is C14H23NO4. The van der Waals surface area contributed by atoms with E-state index in [2.05, 4.69) is 6.92 Å². The Labute approximate surface area is 113 Å². The summed E-state index contributed by atoms with van der Waals surface area (Å²) >= 11 is 0. The van der Waals surface area contributed by atoms with Gasteiger partial charge in [-0.3, -0.25) is 9.59 Å². The van der Waals surface area contributed by atoms with Crippen molar-refractivity contribution in [2.45, 2.75) is 33.1 Å². The summed E-state index contributed by atoms with van der Waals surface area (Å²) in [6, 6.07) is 0. The van der Waals surface area contributed by atoms with Gasteiger partial charge in [0, 0.05) is 31.5 Å². The first-order valence-electron chi connectivity index (χ1n) is 7.11. The molecule has 0 aromatic carbocycles. The Bertz CT molecular complexity index is 370. The van der Waals surface area contributed by atoms with Crippen molar-refractivity contribution >= 4 is 11.9 Å². The van der Waals surface area contributed by atoms with Crippen LogP contribution in [0.1, 0.15) is 33.1 Å². The Balaban J connectivity index is 2.11. The highest BCUT2D eigenvalue weighted by Gasteiger charge is 2.55. The van der Waals surface area contributed by atoms with Crippen molar-refractivity contribution in [2.24, 2.45) is 17.3 Å². The van der Waals surface area contributed by atoms with E-state index in [1.165, 1.54) is 0 Å². The first-order chi connectivity index (χ1) is 9.01. The van der Waals surface area contributed by atoms with Crippen LogP contribution in [0.2, 0.25) is 0 Å². The molecule has 108 valence electrons. The van der Waals surface area contributed by atoms with E-state index in [0.717, 1.165) is 12.8 Å². The zero-order chi connectivity index (χ0) is 14.0. The van der Waals surface area contributed by atoms with Crippen molar-refractivity contribution in [1.29, 1.82) is 0 Å². The van der Waals surface area contributed by atoms with Crippen molar-refractivity contribution in [3.63, 3.8) is 0 Å². The Morgan fingerprint density at radius 2 is 2.26 bits per heavy atom. The van der Waals surface area contributed by atoms with Gasteiger partial charge in [-0.15, -0.1) is 0 Å². The van der Waals surface area contributed by atoms with Crippen LogP contribution in [0, 0.1) is 17.3 Å². The summed E-state index contributed by atoms with van der Waals surface area (Å²) in [4.78, 5) is 25.7. The molecule has 5 nitrogen and oxygen atoms in total. The molecule has 0 bridgehead atoms. The summed E-state index contributed by atoms with van der Waals surface area (Å²) in [6.45, 7) is 5.80. The summed E-state index contributed by atoms with van der Waals surface area (Å²) in [7, 11) is 0. The minimum atomic E-state index is -0.778. The monoisotopic (exact) mass is 269 g/mol. The van der Waals surface area contributed by atoms with E-state index in [1.807, 2.05) is 6.92 Å². The lowest BCUT2D eigenvalue weighted by molar-refractivity contribution is -0.157. The average Bonchev–Trinajstić information content (AvgIpc) is 2.78. The Morgan fingerprint density at radius 1 is 1.53 bits per heavy atom. The van der Waals surface area contributed by atoms with Crippen molar-refractivity contribution < 1.29 is 19.4 Å². The smallest absolute Gasteiger partial charge is 0.311 e. The molecule has 0 aliphatic carbocycles. The fourth-order valence-corrected chi connectivity index (χ4v) is 3.34. The summed E-state index contributed by atoms with van der Waals surface area (Å²) < 4.78 is 5.39. The number of amides is 1. The maximum Gasteiger partial charge on any atom is 0.311 e. The molecule has 0 spiro atoms. The molecular weight excluding hydrogens is 246 g/mol. The molecule has 0 radical (unpaired) electrons. The summed E-state index contributed by atoms with van der Waals surface area (Å²) in [5.74, 6) is -0.760. The molecule has 5 heteroatoms. The second-order valence-corrected chi connectivity index (χ2v) is 5.89. The highest BCUT2D eigenvalue weighted by Crippen LogP contribution is 2.42. The molecule has 0 aromatic rings. The fourth-order valence-electron chi connectivity index (χ4n) is 3.34. The number of likely N-dealkylation sites (tertiary alicyclic amines) is 1. The van der Waals surface area contributed by atoms with Crippen molar-refractivity contribution in [2.75, 3.05) is 26.3 Å². The van der Waals surface area contributed by atoms with Gasteiger partial charge in [0.1, 0.15) is 0 Å². The molecule has 0 saturated carbocycles. The van der Waals surface area contributed by atoms with Gasteiger partial charge in [-0.2, -0.15) is 0 Å². The van der Waals surface area contributed by atoms with Crippen LogP contribution in [0.3, 0.4) is 0 Å². The van der Waals surface area contributed by atoms with Gasteiger partial charge in [-0.25, -0.2) is 0 Å². The Hall–Kier alpha value is -1.10. The van der Waals surface area contributed by atoms with Gasteiger partial charge < -0.3 is 14.7 Å². The Morgan fingerprint density at radius 3 is 2.84 bits per heavy atom. The van der Waals surface area contributed by atoms with Crippen molar-refractivity contribution in [1.82, 2.24) is 4.90 Å². The lowest BCUT2D eigenvalue weighted by Gasteiger charge is -2.33. The average molecular weight is 269 g/mol. The van der Waals surface area contributed by atoms with Gasteiger partial charge in [0.15, 0.2) is 0 Å². The fraction of sp³-hybridized carbons (Fsp3) is 0.857. The first-order valence-corrected chi connectivity index (χ1v) is 7.11. The minimum Gasteiger partial charge on any atom is -0.481 e. The van der Waals surface area contributed by atoms with Crippen LogP contribution in [0.15, 0.2) is 0 Å². The van der Waals surface area contributed by atoms with E-state index in [1.54, 1.807) is 4.90 Å². The third-order valence-electron chi connectivity index (χ3n) is 4.59. The van der Waals surface area contributed by atoms with E-state index in [4.69, 9.17) is 4.74 Å². The number of hydrogen-bond acceptors (Lipinski definition) is 3. The summed E-state index contributed by atoms with van der Waals surface area (Å²) in [5, 5.41) is 9.55. The van der Waals surface area contributed by atoms with Gasteiger partial charge in [0.05, 0.1) is 12.0 Å². The van der Waals surface area contributed by atoms with Gasteiger partial charge in [0.25, 0.3) is 0 Å². The van der Waals surface area contributed by atoms with Crippen LogP contribution in [-0.2, 0) is 14.3 Å². The highest BCUT2D eigenvalue weighted by atomic mass is 16.5. The van der Waals surface area contributed by atoms with Gasteiger partial charge in [-0.1, -0.05) is 20.3 Å². The van der Waals surface area contributed by atoms with Crippen molar-refractivity contribution in [3.05, 3.63) is 0 Å². The van der Waals surface area contributed by atoms with Crippen molar-refractivity contribution in [3.8, 4) is 0 Å². The third kappa shape index (κ3) is 2.48. The zero-order valence-electron chi connectivity index (χ0n) is 11.7. The van der Waals surface area contributed by atoms with Crippen LogP contribution in [0.25, 0.3) is 0 Å². The first kappa shape index (κ1) is 14.3. The van der Waals surface area contributed by atoms with Gasteiger partial charge >= 0.3 is 5.97 Å². The molecule has 2 aliphatic heterocycles. The number of hydrogen-bond donors (Lipinski definition) is 1. The summed E-state index contributed by atoms with van der Waals surface area (Å²) in [6.07, 6.45) is 2.34. The van der Waals surface area contributed by atoms with Crippen LogP contribution in [0.5, 0.6) is 0 Å². The zero-order valence-corrected chi connectivity index (χ0v) is 11.7. The molecule has 0 aromatic heterocycles. The lowest BCUT2D eigenvalue weighted by atomic mass is 9.74. The second-order valence-electron chi connectivity index (χ2n) is 5.89. The number of ether oxygens (including phenoxy) is 1. The van der Waals surface area contributed by atoms with Gasteiger partial charge in [0.2, 0.25) is 5.91 Å². The number of carbonyl (C=O) groups excluding carboxylic acids is 1. The van der Waals surface area contributed by atoms with E-state index in [9.17, 15) is 14.7 Å². The minimum absolute atomic E-state index is 0.0167. The largest absolute Gasteiger partial charge is 0.481 e. The molecule has 1 N–H and O–H groups in total. The standard InChI is InChI=1S/C14H23NO4/c1-3-4-10(2)12(16)15-7-11-8-19-6-5-14(11,9-15)13(17)18/h10-11H,3-9H2,1-2H3,(H,17,18)/t10?,11-,14+/m0/s1. The molecule has 2 saturated heterocycles. The quantitative estimate of drug-likeness (QED) is 0.837. The SMILES string of the molecule is CCCC(C)C(=O)N1C[C@H]2COCC[C@@]2(C(=O)O)C1. The molecule has 2 aliphatic rings. The second kappa shape index (κ2) is 5.49. The molecule has 19 heavy (non-hydrogen) atoms. The van der Waals surface area contributed by atoms with Gasteiger partial charge in [-0.05, 0) is 12.8 Å². The predicted octanol–water partition coefficient (Wildman–Crippen LogP) is 1.37. The van der Waals surface area contributed by atoms with E-state index in [0.29, 0.717) is 32.7 Å². The maximum atomic E-state index is 12.3. The normalized spacial score (nSPS) is 31.9. The third-order valence-corrected chi connectivity index (χ3v) is 4.59. The number of carboxylic acids is 1. The highest BCUT2D eigenvalue weighted by molar-refractivity contribution is 5.82. The predicted molar refractivity (Wildman–Crippen MR) is 69.6 cm³/mol. The van der Waals surface area contributed by atoms with E-state index < -0.39 is 11.4 Å². The number of fused-ring (bicyclic) bond motifs is 1. The Kier molecular flexibility index (Phi) is 4.13. The van der Waals surface area contributed by atoms with Crippen LogP contribution in [-0.4, -0.2) is 48.2 Å². The number of nitrogens with zero attached hydrogens (tertiary/aromatic N) is 1. The summed E-state index contributed by atoms with van der Waals surface area (Å²) in [5.41, 5.74) is -0.778. The van der Waals surface area contributed by atoms with E-state index >= 15 is 0 Å². The lowest BCUT2D eigenvalue weighted by Crippen LogP contribution is -2.45. The van der Waals surface area contributed by atoms with Crippen LogP contribution in [0.4, 0.5) is 0 Å². The van der Waals surface area contributed by atoms with Crippen LogP contribution < -0.4 is 0 Å². The molecule has 1 unspecified atom stereocenters. The maximum absolute atomic E-state index is 12.3. The molecule has 2 rings (SSSR count). The molecule has 2 fully saturated rings. The number of rotatable bonds is 4. The number of carboxylic acid groups (broad SMARTS) is 1. The van der Waals surface area contributed by atoms with Crippen LogP contribution >= 0.6 is 0 Å². The van der Waals surface area contributed by atoms with E-state index in [-0.39, 0.29) is 17.7 Å². The molecule has 3 atom stereocenters. The number of carbonyl (C=O) groups is 2.